The first-order chi connectivity index (χ1) is 15.5. The van der Waals surface area contributed by atoms with Crippen LogP contribution in [0.1, 0.15) is 30.0 Å². The van der Waals surface area contributed by atoms with E-state index in [1.807, 2.05) is 13.0 Å². The van der Waals surface area contributed by atoms with E-state index in [0.717, 1.165) is 5.56 Å². The van der Waals surface area contributed by atoms with Crippen molar-refractivity contribution in [3.63, 3.8) is 0 Å². The van der Waals surface area contributed by atoms with Crippen molar-refractivity contribution in [2.75, 3.05) is 18.5 Å². The number of carbonyl (C=O) groups is 2. The number of anilines is 1. The van der Waals surface area contributed by atoms with Gasteiger partial charge in [0.2, 0.25) is 0 Å². The average molecular weight is 430 g/mol. The number of hydrogen-bond acceptors (Lipinski definition) is 6. The number of nitrogens with zero attached hydrogens (tertiary/aromatic N) is 1. The van der Waals surface area contributed by atoms with Gasteiger partial charge in [-0.05, 0) is 62.4 Å². The number of nitriles is 1. The van der Waals surface area contributed by atoms with E-state index in [2.05, 4.69) is 5.32 Å². The van der Waals surface area contributed by atoms with Crippen molar-refractivity contribution in [1.29, 1.82) is 5.26 Å². The van der Waals surface area contributed by atoms with Crippen LogP contribution in [0, 0.1) is 11.3 Å². The molecule has 1 N–H and O–H groups in total. The van der Waals surface area contributed by atoms with Gasteiger partial charge in [0, 0.05) is 17.3 Å². The quantitative estimate of drug-likeness (QED) is 0.304. The van der Waals surface area contributed by atoms with E-state index in [4.69, 9.17) is 13.9 Å². The van der Waals surface area contributed by atoms with Crippen LogP contribution in [0.5, 0.6) is 5.75 Å². The average Bonchev–Trinajstić information content (AvgIpc) is 3.28. The molecule has 0 bridgehead atoms. The highest BCUT2D eigenvalue weighted by atomic mass is 16.5. The molecule has 0 aliphatic carbocycles. The Bertz CT molecular complexity index is 1150. The van der Waals surface area contributed by atoms with E-state index < -0.39 is 5.91 Å². The van der Waals surface area contributed by atoms with E-state index in [1.165, 1.54) is 6.08 Å². The lowest BCUT2D eigenvalue weighted by Crippen LogP contribution is -2.13. The number of hydrogen-bond donors (Lipinski definition) is 1. The lowest BCUT2D eigenvalue weighted by atomic mass is 10.1. The molecule has 32 heavy (non-hydrogen) atoms. The van der Waals surface area contributed by atoms with E-state index in [1.54, 1.807) is 67.6 Å². The second-order valence-electron chi connectivity index (χ2n) is 6.58. The first-order valence-electron chi connectivity index (χ1n) is 10.1. The van der Waals surface area contributed by atoms with E-state index in [9.17, 15) is 14.9 Å². The molecule has 0 atom stereocenters. The van der Waals surface area contributed by atoms with Gasteiger partial charge in [-0.1, -0.05) is 12.1 Å². The SMILES string of the molecule is CCOC(=O)c1ccc(-c2ccc(/C=C(\C#N)C(=O)Nc3ccc(OCC)cc3)o2)cc1. The van der Waals surface area contributed by atoms with Crippen molar-refractivity contribution in [2.24, 2.45) is 0 Å². The molecule has 0 fully saturated rings. The molecule has 0 saturated heterocycles. The van der Waals surface area contributed by atoms with Gasteiger partial charge in [0.05, 0.1) is 18.8 Å². The minimum absolute atomic E-state index is 0.0996. The van der Waals surface area contributed by atoms with E-state index in [0.29, 0.717) is 41.7 Å². The number of nitrogens with one attached hydrogen (secondary N) is 1. The summed E-state index contributed by atoms with van der Waals surface area (Å²) in [6.07, 6.45) is 1.38. The third kappa shape index (κ3) is 5.64. The Labute approximate surface area is 185 Å². The van der Waals surface area contributed by atoms with Crippen molar-refractivity contribution >= 4 is 23.6 Å². The largest absolute Gasteiger partial charge is 0.494 e. The van der Waals surface area contributed by atoms with Crippen LogP contribution in [0.15, 0.2) is 70.7 Å². The normalized spacial score (nSPS) is 10.8. The third-order valence-electron chi connectivity index (χ3n) is 4.38. The lowest BCUT2D eigenvalue weighted by molar-refractivity contribution is -0.112. The van der Waals surface area contributed by atoms with E-state index >= 15 is 0 Å². The minimum atomic E-state index is -0.548. The summed E-state index contributed by atoms with van der Waals surface area (Å²) in [6, 6.07) is 18.9. The number of amides is 1. The van der Waals surface area contributed by atoms with Crippen molar-refractivity contribution in [3.05, 3.63) is 77.6 Å². The van der Waals surface area contributed by atoms with Crippen LogP contribution in [0.4, 0.5) is 5.69 Å². The fraction of sp³-hybridized carbons (Fsp3) is 0.160. The molecule has 7 heteroatoms. The maximum atomic E-state index is 12.5. The van der Waals surface area contributed by atoms with Gasteiger partial charge >= 0.3 is 5.97 Å². The predicted molar refractivity (Wildman–Crippen MR) is 120 cm³/mol. The maximum Gasteiger partial charge on any atom is 0.338 e. The van der Waals surface area contributed by atoms with Crippen LogP contribution in [0.3, 0.4) is 0 Å². The third-order valence-corrected chi connectivity index (χ3v) is 4.38. The topological polar surface area (TPSA) is 102 Å². The van der Waals surface area contributed by atoms with Gasteiger partial charge < -0.3 is 19.2 Å². The van der Waals surface area contributed by atoms with Gasteiger partial charge in [0.25, 0.3) is 5.91 Å². The zero-order chi connectivity index (χ0) is 22.9. The number of carbonyl (C=O) groups excluding carboxylic acids is 2. The zero-order valence-corrected chi connectivity index (χ0v) is 17.8. The van der Waals surface area contributed by atoms with Crippen LogP contribution < -0.4 is 10.1 Å². The Hall–Kier alpha value is -4.31. The molecule has 3 aromatic rings. The number of esters is 1. The fourth-order valence-electron chi connectivity index (χ4n) is 2.86. The molecule has 1 amide bonds. The van der Waals surface area contributed by atoms with Crippen molar-refractivity contribution < 1.29 is 23.5 Å². The van der Waals surface area contributed by atoms with Gasteiger partial charge in [0.1, 0.15) is 28.9 Å². The van der Waals surface area contributed by atoms with Crippen LogP contribution in [0.25, 0.3) is 17.4 Å². The summed E-state index contributed by atoms with van der Waals surface area (Å²) in [4.78, 5) is 24.2. The highest BCUT2D eigenvalue weighted by molar-refractivity contribution is 6.09. The molecule has 0 unspecified atom stereocenters. The zero-order valence-electron chi connectivity index (χ0n) is 17.8. The fourth-order valence-corrected chi connectivity index (χ4v) is 2.86. The maximum absolute atomic E-state index is 12.5. The van der Waals surface area contributed by atoms with Gasteiger partial charge in [-0.15, -0.1) is 0 Å². The summed E-state index contributed by atoms with van der Waals surface area (Å²) in [5.74, 6) is 0.649. The lowest BCUT2D eigenvalue weighted by Gasteiger charge is -2.06. The Balaban J connectivity index is 1.71. The summed E-state index contributed by atoms with van der Waals surface area (Å²) in [5, 5.41) is 12.1. The highest BCUT2D eigenvalue weighted by Crippen LogP contribution is 2.24. The Morgan fingerprint density at radius 2 is 1.72 bits per heavy atom. The van der Waals surface area contributed by atoms with E-state index in [-0.39, 0.29) is 11.5 Å². The summed E-state index contributed by atoms with van der Waals surface area (Å²) in [6.45, 7) is 4.49. The number of ether oxygens (including phenoxy) is 2. The second kappa shape index (κ2) is 10.6. The van der Waals surface area contributed by atoms with Gasteiger partial charge in [-0.25, -0.2) is 4.79 Å². The van der Waals surface area contributed by atoms with Gasteiger partial charge in [0.15, 0.2) is 0 Å². The Kier molecular flexibility index (Phi) is 7.44. The molecule has 3 rings (SSSR count). The molecule has 1 heterocycles. The molecule has 2 aromatic carbocycles. The van der Waals surface area contributed by atoms with Crippen molar-refractivity contribution in [1.82, 2.24) is 0 Å². The standard InChI is InChI=1S/C25H22N2O5/c1-3-30-21-11-9-20(10-12-21)27-24(28)19(16-26)15-22-13-14-23(32-22)17-5-7-18(8-6-17)25(29)31-4-2/h5-15H,3-4H2,1-2H3,(H,27,28)/b19-15+. The van der Waals surface area contributed by atoms with Crippen LogP contribution >= 0.6 is 0 Å². The Morgan fingerprint density at radius 1 is 1.00 bits per heavy atom. The van der Waals surface area contributed by atoms with Crippen molar-refractivity contribution in [3.8, 4) is 23.1 Å². The molecule has 0 radical (unpaired) electrons. The van der Waals surface area contributed by atoms with Gasteiger partial charge in [-0.2, -0.15) is 5.26 Å². The summed E-state index contributed by atoms with van der Waals surface area (Å²) in [5.41, 5.74) is 1.63. The summed E-state index contributed by atoms with van der Waals surface area (Å²) >= 11 is 0. The first kappa shape index (κ1) is 22.4. The van der Waals surface area contributed by atoms with Crippen molar-refractivity contribution in [2.45, 2.75) is 13.8 Å². The summed E-state index contributed by atoms with van der Waals surface area (Å²) < 4.78 is 16.1. The molecule has 162 valence electrons. The molecule has 0 aliphatic heterocycles. The molecule has 0 aliphatic rings. The highest BCUT2D eigenvalue weighted by Gasteiger charge is 2.12. The smallest absolute Gasteiger partial charge is 0.338 e. The monoisotopic (exact) mass is 430 g/mol. The number of benzene rings is 2. The second-order valence-corrected chi connectivity index (χ2v) is 6.58. The number of rotatable bonds is 8. The van der Waals surface area contributed by atoms with Crippen LogP contribution in [0.2, 0.25) is 0 Å². The molecule has 0 saturated carbocycles. The van der Waals surface area contributed by atoms with Crippen LogP contribution in [-0.4, -0.2) is 25.1 Å². The van der Waals surface area contributed by atoms with Crippen LogP contribution in [-0.2, 0) is 9.53 Å². The summed E-state index contributed by atoms with van der Waals surface area (Å²) in [7, 11) is 0. The number of furan rings is 1. The Morgan fingerprint density at radius 3 is 2.34 bits per heavy atom. The minimum Gasteiger partial charge on any atom is -0.494 e. The van der Waals surface area contributed by atoms with Gasteiger partial charge in [-0.3, -0.25) is 4.79 Å². The predicted octanol–water partition coefficient (Wildman–Crippen LogP) is 5.07. The molecular formula is C25H22N2O5. The molecule has 0 spiro atoms. The molecule has 1 aromatic heterocycles. The first-order valence-corrected chi connectivity index (χ1v) is 10.1. The molecular weight excluding hydrogens is 408 g/mol. The molecule has 7 nitrogen and oxygen atoms in total.